The Morgan fingerprint density at radius 2 is 0.787 bits per heavy atom. The van der Waals surface area contributed by atoms with Crippen LogP contribution in [0.3, 0.4) is 0 Å². The minimum absolute atomic E-state index is 0.503. The van der Waals surface area contributed by atoms with E-state index in [2.05, 4.69) is 62.4 Å². The molecular weight excluding hydrogens is 582 g/mol. The van der Waals surface area contributed by atoms with Crippen LogP contribution in [0, 0.1) is 0 Å². The number of nitrogens with zero attached hydrogens (tertiary/aromatic N) is 6. The van der Waals surface area contributed by atoms with Crippen LogP contribution in [0.2, 0.25) is 0 Å². The van der Waals surface area contributed by atoms with Gasteiger partial charge in [0.05, 0.1) is 52.2 Å². The van der Waals surface area contributed by atoms with E-state index in [4.69, 9.17) is 20.4 Å². The molecule has 0 saturated carbocycles. The standard InChI is InChI=1S/C39H31N7O/c40-14-9-19-47-31-21-27(29-23-36(32-10-1-5-15-41-32)45-37(24-29)33-11-2-6-16-42-33)20-28(22-31)30-25-38(34-12-3-7-17-43-34)46-39(26-30)35-13-4-8-18-44-35/h1-8,10-13,15-18,20-26H,9,14,19,40H2. The van der Waals surface area contributed by atoms with E-state index in [1.165, 1.54) is 0 Å². The molecule has 0 aliphatic heterocycles. The van der Waals surface area contributed by atoms with E-state index in [1.807, 2.05) is 72.8 Å². The summed E-state index contributed by atoms with van der Waals surface area (Å²) in [6.07, 6.45) is 7.84. The molecule has 0 bridgehead atoms. The monoisotopic (exact) mass is 613 g/mol. The molecule has 6 heterocycles. The lowest BCUT2D eigenvalue weighted by atomic mass is 9.96. The molecule has 0 atom stereocenters. The summed E-state index contributed by atoms with van der Waals surface area (Å²) in [4.78, 5) is 28.3. The summed E-state index contributed by atoms with van der Waals surface area (Å²) in [7, 11) is 0. The maximum atomic E-state index is 6.27. The van der Waals surface area contributed by atoms with Gasteiger partial charge in [0.25, 0.3) is 0 Å². The van der Waals surface area contributed by atoms with Crippen molar-refractivity contribution in [1.82, 2.24) is 29.9 Å². The molecule has 0 aliphatic rings. The number of aromatic nitrogens is 6. The third kappa shape index (κ3) is 6.93. The third-order valence-electron chi connectivity index (χ3n) is 7.55. The molecule has 47 heavy (non-hydrogen) atoms. The SMILES string of the molecule is NCCCOc1cc(-c2cc(-c3ccccn3)nc(-c3ccccn3)c2)cc(-c2cc(-c3ccccn3)nc(-c3ccccn3)c2)c1. The molecule has 0 spiro atoms. The summed E-state index contributed by atoms with van der Waals surface area (Å²) in [6.45, 7) is 1.05. The summed E-state index contributed by atoms with van der Waals surface area (Å²) < 4.78 is 6.27. The lowest BCUT2D eigenvalue weighted by Gasteiger charge is -2.15. The molecule has 0 saturated heterocycles. The van der Waals surface area contributed by atoms with Crippen LogP contribution in [0.25, 0.3) is 67.8 Å². The molecule has 7 aromatic rings. The highest BCUT2D eigenvalue weighted by Gasteiger charge is 2.15. The van der Waals surface area contributed by atoms with E-state index in [9.17, 15) is 0 Å². The summed E-state index contributed by atoms with van der Waals surface area (Å²) in [6, 6.07) is 37.8. The molecule has 0 aliphatic carbocycles. The maximum Gasteiger partial charge on any atom is 0.120 e. The molecule has 0 unspecified atom stereocenters. The second-order valence-corrected chi connectivity index (χ2v) is 10.8. The quantitative estimate of drug-likeness (QED) is 0.156. The number of ether oxygens (including phenoxy) is 1. The highest BCUT2D eigenvalue weighted by Crippen LogP contribution is 2.36. The molecule has 1 aromatic carbocycles. The van der Waals surface area contributed by atoms with Crippen LogP contribution < -0.4 is 10.5 Å². The van der Waals surface area contributed by atoms with Crippen molar-refractivity contribution in [3.05, 3.63) is 140 Å². The van der Waals surface area contributed by atoms with Crippen molar-refractivity contribution >= 4 is 0 Å². The summed E-state index contributed by atoms with van der Waals surface area (Å²) >= 11 is 0. The molecule has 2 N–H and O–H groups in total. The molecule has 228 valence electrons. The first kappa shape index (κ1) is 29.6. The maximum absolute atomic E-state index is 6.27. The largest absolute Gasteiger partial charge is 0.494 e. The van der Waals surface area contributed by atoms with Crippen LogP contribution >= 0.6 is 0 Å². The van der Waals surface area contributed by atoms with Gasteiger partial charge in [0.15, 0.2) is 0 Å². The first-order valence-electron chi connectivity index (χ1n) is 15.4. The van der Waals surface area contributed by atoms with Crippen LogP contribution in [0.1, 0.15) is 6.42 Å². The average molecular weight is 614 g/mol. The normalized spacial score (nSPS) is 10.9. The highest BCUT2D eigenvalue weighted by molar-refractivity contribution is 5.82. The second kappa shape index (κ2) is 13.9. The van der Waals surface area contributed by atoms with Crippen LogP contribution in [0.5, 0.6) is 5.75 Å². The van der Waals surface area contributed by atoms with Crippen LogP contribution in [-0.2, 0) is 0 Å². The topological polar surface area (TPSA) is 113 Å². The number of benzene rings is 1. The van der Waals surface area contributed by atoms with Gasteiger partial charge in [-0.3, -0.25) is 19.9 Å². The average Bonchev–Trinajstić information content (AvgIpc) is 3.16. The fourth-order valence-electron chi connectivity index (χ4n) is 5.27. The van der Waals surface area contributed by atoms with Gasteiger partial charge in [0.1, 0.15) is 5.75 Å². The number of hydrogen-bond acceptors (Lipinski definition) is 8. The van der Waals surface area contributed by atoms with Crippen molar-refractivity contribution in [3.8, 4) is 73.6 Å². The molecule has 0 amide bonds. The Morgan fingerprint density at radius 1 is 0.426 bits per heavy atom. The van der Waals surface area contributed by atoms with Gasteiger partial charge in [-0.2, -0.15) is 0 Å². The van der Waals surface area contributed by atoms with Gasteiger partial charge in [0.2, 0.25) is 0 Å². The zero-order chi connectivity index (χ0) is 31.8. The highest BCUT2D eigenvalue weighted by atomic mass is 16.5. The Bertz CT molecular complexity index is 1830. The molecule has 6 aromatic heterocycles. The van der Waals surface area contributed by atoms with Gasteiger partial charge in [0, 0.05) is 24.8 Å². The van der Waals surface area contributed by atoms with Crippen molar-refractivity contribution in [2.45, 2.75) is 6.42 Å². The predicted molar refractivity (Wildman–Crippen MR) is 185 cm³/mol. The van der Waals surface area contributed by atoms with Gasteiger partial charge in [-0.15, -0.1) is 0 Å². The van der Waals surface area contributed by atoms with Crippen LogP contribution in [0.4, 0.5) is 0 Å². The number of nitrogens with two attached hydrogens (primary N) is 1. The smallest absolute Gasteiger partial charge is 0.120 e. The lowest BCUT2D eigenvalue weighted by molar-refractivity contribution is 0.313. The Hall–Kier alpha value is -6.12. The van der Waals surface area contributed by atoms with Gasteiger partial charge in [-0.1, -0.05) is 24.3 Å². The molecule has 0 radical (unpaired) electrons. The van der Waals surface area contributed by atoms with Crippen molar-refractivity contribution in [1.29, 1.82) is 0 Å². The first-order chi connectivity index (χ1) is 23.2. The van der Waals surface area contributed by atoms with Crippen LogP contribution in [0.15, 0.2) is 140 Å². The minimum Gasteiger partial charge on any atom is -0.494 e. The fourth-order valence-corrected chi connectivity index (χ4v) is 5.27. The molecule has 0 fully saturated rings. The Labute approximate surface area is 273 Å². The zero-order valence-electron chi connectivity index (χ0n) is 25.6. The number of pyridine rings is 6. The van der Waals surface area contributed by atoms with E-state index >= 15 is 0 Å². The fraction of sp³-hybridized carbons (Fsp3) is 0.0769. The van der Waals surface area contributed by atoms with E-state index in [0.717, 1.165) is 80.0 Å². The van der Waals surface area contributed by atoms with Crippen molar-refractivity contribution in [2.75, 3.05) is 13.2 Å². The van der Waals surface area contributed by atoms with Crippen molar-refractivity contribution in [2.24, 2.45) is 5.73 Å². The summed E-state index contributed by atoms with van der Waals surface area (Å²) in [5, 5.41) is 0. The zero-order valence-corrected chi connectivity index (χ0v) is 25.6. The summed E-state index contributed by atoms with van der Waals surface area (Å²) in [5.74, 6) is 0.733. The van der Waals surface area contributed by atoms with Crippen molar-refractivity contribution in [3.63, 3.8) is 0 Å². The van der Waals surface area contributed by atoms with E-state index in [0.29, 0.717) is 13.2 Å². The number of hydrogen-bond donors (Lipinski definition) is 1. The Morgan fingerprint density at radius 3 is 1.11 bits per heavy atom. The second-order valence-electron chi connectivity index (χ2n) is 10.8. The molecule has 8 heteroatoms. The van der Waals surface area contributed by atoms with Gasteiger partial charge in [-0.05, 0) is 126 Å². The van der Waals surface area contributed by atoms with E-state index < -0.39 is 0 Å². The Balaban J connectivity index is 1.42. The van der Waals surface area contributed by atoms with Crippen LogP contribution in [-0.4, -0.2) is 43.1 Å². The van der Waals surface area contributed by atoms with Gasteiger partial charge in [-0.25, -0.2) is 9.97 Å². The van der Waals surface area contributed by atoms with E-state index in [1.54, 1.807) is 24.8 Å². The molecular formula is C39H31N7O. The van der Waals surface area contributed by atoms with Gasteiger partial charge < -0.3 is 10.5 Å². The van der Waals surface area contributed by atoms with Gasteiger partial charge >= 0.3 is 0 Å². The minimum atomic E-state index is 0.503. The third-order valence-corrected chi connectivity index (χ3v) is 7.55. The molecule has 8 nitrogen and oxygen atoms in total. The lowest BCUT2D eigenvalue weighted by Crippen LogP contribution is -2.06. The number of rotatable bonds is 10. The molecule has 7 rings (SSSR count). The van der Waals surface area contributed by atoms with E-state index in [-0.39, 0.29) is 0 Å². The predicted octanol–water partition coefficient (Wildman–Crippen LogP) is 7.79. The Kier molecular flexibility index (Phi) is 8.74. The summed E-state index contributed by atoms with van der Waals surface area (Å²) in [5.41, 5.74) is 15.7. The first-order valence-corrected chi connectivity index (χ1v) is 15.4. The van der Waals surface area contributed by atoms with Crippen molar-refractivity contribution < 1.29 is 4.74 Å².